The second-order valence-electron chi connectivity index (χ2n) is 11.6. The molecule has 2 aromatic carbocycles. The number of hydrogen-bond donors (Lipinski definition) is 1. The Balaban J connectivity index is 1.07. The zero-order chi connectivity index (χ0) is 30.8. The number of carbonyl (C=O) groups excluding carboxylic acids is 2. The van der Waals surface area contributed by atoms with Crippen LogP contribution in [0.15, 0.2) is 60.8 Å². The van der Waals surface area contributed by atoms with Crippen LogP contribution in [0.1, 0.15) is 40.5 Å². The number of hydrogen-bond acceptors (Lipinski definition) is 6. The van der Waals surface area contributed by atoms with Crippen molar-refractivity contribution in [1.82, 2.24) is 24.9 Å². The van der Waals surface area contributed by atoms with Crippen LogP contribution in [-0.4, -0.2) is 83.6 Å². The summed E-state index contributed by atoms with van der Waals surface area (Å²) in [5.41, 5.74) is -0.724. The van der Waals surface area contributed by atoms with Crippen molar-refractivity contribution in [2.24, 2.45) is 11.8 Å². The van der Waals surface area contributed by atoms with Crippen LogP contribution in [0.25, 0.3) is 5.69 Å². The van der Waals surface area contributed by atoms with E-state index in [4.69, 9.17) is 9.47 Å². The minimum Gasteiger partial charge on any atom is -0.444 e. The SMILES string of the molecule is O=C(NC(CCN1CC2CN(C(=O)c3cnn(-c4ccc(F)cc4)c3C(F)(F)F)C[C@@H]2C1)c1ccccc1)OC1CCOC1. The summed E-state index contributed by atoms with van der Waals surface area (Å²) in [6, 6.07) is 13.9. The highest BCUT2D eigenvalue weighted by molar-refractivity contribution is 5.95. The summed E-state index contributed by atoms with van der Waals surface area (Å²) in [6.45, 7) is 3.74. The molecule has 44 heavy (non-hydrogen) atoms. The molecule has 3 aliphatic heterocycles. The fourth-order valence-corrected chi connectivity index (χ4v) is 6.42. The molecule has 3 aliphatic rings. The number of rotatable bonds is 8. The first kappa shape index (κ1) is 30.1. The molecule has 3 unspecified atom stereocenters. The molecule has 3 aromatic rings. The number of amides is 2. The number of nitrogens with one attached hydrogen (secondary N) is 1. The van der Waals surface area contributed by atoms with E-state index in [0.29, 0.717) is 63.5 Å². The number of alkyl halides is 3. The van der Waals surface area contributed by atoms with E-state index in [2.05, 4.69) is 15.3 Å². The minimum absolute atomic E-state index is 0.0100. The number of ether oxygens (including phenoxy) is 2. The maximum absolute atomic E-state index is 14.1. The number of likely N-dealkylation sites (tertiary alicyclic amines) is 2. The average molecular weight is 616 g/mol. The van der Waals surface area contributed by atoms with Gasteiger partial charge in [0.1, 0.15) is 11.9 Å². The molecule has 234 valence electrons. The zero-order valence-corrected chi connectivity index (χ0v) is 23.9. The van der Waals surface area contributed by atoms with Gasteiger partial charge in [0, 0.05) is 39.1 Å². The fraction of sp³-hybridized carbons (Fsp3) is 0.452. The van der Waals surface area contributed by atoms with Gasteiger partial charge in [0.2, 0.25) is 0 Å². The van der Waals surface area contributed by atoms with E-state index in [1.807, 2.05) is 30.3 Å². The summed E-state index contributed by atoms with van der Waals surface area (Å²) < 4.78 is 67.2. The molecule has 0 bridgehead atoms. The largest absolute Gasteiger partial charge is 0.444 e. The van der Waals surface area contributed by atoms with Crippen LogP contribution in [0.4, 0.5) is 22.4 Å². The second-order valence-corrected chi connectivity index (χ2v) is 11.6. The molecule has 0 aliphatic carbocycles. The van der Waals surface area contributed by atoms with Gasteiger partial charge in [-0.1, -0.05) is 30.3 Å². The number of aromatic nitrogens is 2. The van der Waals surface area contributed by atoms with E-state index in [0.717, 1.165) is 23.9 Å². The van der Waals surface area contributed by atoms with Crippen molar-refractivity contribution in [1.29, 1.82) is 0 Å². The van der Waals surface area contributed by atoms with Gasteiger partial charge in [0.05, 0.1) is 36.7 Å². The predicted octanol–water partition coefficient (Wildman–Crippen LogP) is 4.68. The highest BCUT2D eigenvalue weighted by Crippen LogP contribution is 2.37. The predicted molar refractivity (Wildman–Crippen MR) is 150 cm³/mol. The van der Waals surface area contributed by atoms with Gasteiger partial charge in [0.15, 0.2) is 5.69 Å². The summed E-state index contributed by atoms with van der Waals surface area (Å²) in [5.74, 6) is -1.06. The van der Waals surface area contributed by atoms with Crippen molar-refractivity contribution >= 4 is 12.0 Å². The van der Waals surface area contributed by atoms with E-state index in [1.54, 1.807) is 0 Å². The first-order chi connectivity index (χ1) is 21.2. The van der Waals surface area contributed by atoms with Gasteiger partial charge in [0.25, 0.3) is 5.91 Å². The van der Waals surface area contributed by atoms with Gasteiger partial charge < -0.3 is 24.6 Å². The van der Waals surface area contributed by atoms with Crippen LogP contribution in [0.2, 0.25) is 0 Å². The second kappa shape index (κ2) is 12.6. The Morgan fingerprint density at radius 3 is 2.36 bits per heavy atom. The highest BCUT2D eigenvalue weighted by atomic mass is 19.4. The van der Waals surface area contributed by atoms with Gasteiger partial charge in [-0.25, -0.2) is 13.9 Å². The smallest absolute Gasteiger partial charge is 0.434 e. The number of nitrogens with zero attached hydrogens (tertiary/aromatic N) is 4. The molecule has 1 N–H and O–H groups in total. The quantitative estimate of drug-likeness (QED) is 0.371. The number of alkyl carbamates (subject to hydrolysis) is 1. The van der Waals surface area contributed by atoms with Crippen LogP contribution in [0.3, 0.4) is 0 Å². The number of fused-ring (bicyclic) bond motifs is 1. The molecule has 3 fully saturated rings. The average Bonchev–Trinajstić information content (AvgIpc) is 3.80. The normalized spacial score (nSPS) is 22.6. The topological polar surface area (TPSA) is 88.9 Å². The molecule has 2 amide bonds. The third kappa shape index (κ3) is 6.58. The summed E-state index contributed by atoms with van der Waals surface area (Å²) in [7, 11) is 0. The molecule has 0 saturated carbocycles. The Kier molecular flexibility index (Phi) is 8.59. The molecule has 1 aromatic heterocycles. The lowest BCUT2D eigenvalue weighted by atomic mass is 10.0. The van der Waals surface area contributed by atoms with Gasteiger partial charge in [-0.3, -0.25) is 4.79 Å². The highest BCUT2D eigenvalue weighted by Gasteiger charge is 2.45. The number of benzene rings is 2. The molecular weight excluding hydrogens is 582 g/mol. The molecule has 4 atom stereocenters. The van der Waals surface area contributed by atoms with E-state index in [1.165, 1.54) is 17.0 Å². The van der Waals surface area contributed by atoms with Crippen LogP contribution in [-0.2, 0) is 15.7 Å². The molecule has 6 rings (SSSR count). The van der Waals surface area contributed by atoms with Crippen LogP contribution in [0, 0.1) is 17.7 Å². The minimum atomic E-state index is -4.84. The number of carbonyl (C=O) groups is 2. The monoisotopic (exact) mass is 615 g/mol. The first-order valence-electron chi connectivity index (χ1n) is 14.7. The third-order valence-corrected chi connectivity index (χ3v) is 8.58. The van der Waals surface area contributed by atoms with Gasteiger partial charge in [-0.15, -0.1) is 0 Å². The number of halogens is 4. The molecule has 9 nitrogen and oxygen atoms in total. The van der Waals surface area contributed by atoms with Crippen molar-refractivity contribution in [3.63, 3.8) is 0 Å². The van der Waals surface area contributed by atoms with E-state index in [9.17, 15) is 27.2 Å². The fourth-order valence-electron chi connectivity index (χ4n) is 6.42. The molecular formula is C31H33F4N5O4. The lowest BCUT2D eigenvalue weighted by Crippen LogP contribution is -2.36. The standard InChI is InChI=1S/C31H33F4N5O4/c32-23-6-8-24(9-7-23)40-28(31(33,34)35)26(14-36-40)29(41)39-17-21-15-38(16-22(21)18-39)12-10-27(20-4-2-1-3-5-20)37-30(42)44-25-11-13-43-19-25/h1-9,14,21-22,25,27H,10-13,15-19H2,(H,37,42)/t21-,22?,25?,27?/m0/s1. The Labute approximate surface area is 251 Å². The van der Waals surface area contributed by atoms with Gasteiger partial charge in [-0.05, 0) is 48.1 Å². The van der Waals surface area contributed by atoms with Gasteiger partial charge in [-0.2, -0.15) is 18.3 Å². The summed E-state index contributed by atoms with van der Waals surface area (Å²) >= 11 is 0. The van der Waals surface area contributed by atoms with E-state index in [-0.39, 0.29) is 29.7 Å². The van der Waals surface area contributed by atoms with Crippen LogP contribution < -0.4 is 5.32 Å². The summed E-state index contributed by atoms with van der Waals surface area (Å²) in [4.78, 5) is 29.7. The van der Waals surface area contributed by atoms with Gasteiger partial charge >= 0.3 is 12.3 Å². The zero-order valence-electron chi connectivity index (χ0n) is 23.9. The molecule has 4 heterocycles. The van der Waals surface area contributed by atoms with Crippen molar-refractivity contribution < 1.29 is 36.6 Å². The van der Waals surface area contributed by atoms with Crippen molar-refractivity contribution in [3.05, 3.63) is 83.4 Å². The Bertz CT molecular complexity index is 1450. The van der Waals surface area contributed by atoms with Crippen molar-refractivity contribution in [2.75, 3.05) is 45.9 Å². The van der Waals surface area contributed by atoms with E-state index >= 15 is 0 Å². The third-order valence-electron chi connectivity index (χ3n) is 8.58. The molecule has 0 radical (unpaired) electrons. The van der Waals surface area contributed by atoms with Crippen molar-refractivity contribution in [3.8, 4) is 5.69 Å². The summed E-state index contributed by atoms with van der Waals surface area (Å²) in [6.07, 6.45) is -3.32. The maximum Gasteiger partial charge on any atom is 0.434 e. The molecule has 3 saturated heterocycles. The Morgan fingerprint density at radius 1 is 1.02 bits per heavy atom. The lowest BCUT2D eigenvalue weighted by molar-refractivity contribution is -0.143. The Hall–Kier alpha value is -3.97. The van der Waals surface area contributed by atoms with Crippen LogP contribution >= 0.6 is 0 Å². The summed E-state index contributed by atoms with van der Waals surface area (Å²) in [5, 5.41) is 6.84. The molecule has 0 spiro atoms. The van der Waals surface area contributed by atoms with E-state index < -0.39 is 35.3 Å². The van der Waals surface area contributed by atoms with Crippen LogP contribution in [0.5, 0.6) is 0 Å². The Morgan fingerprint density at radius 2 is 1.73 bits per heavy atom. The maximum atomic E-state index is 14.1. The molecule has 13 heteroatoms. The van der Waals surface area contributed by atoms with Crippen molar-refractivity contribution in [2.45, 2.75) is 31.2 Å². The lowest BCUT2D eigenvalue weighted by Gasteiger charge is -2.25. The first-order valence-corrected chi connectivity index (χ1v) is 14.7.